The minimum absolute atomic E-state index is 0.103. The van der Waals surface area contributed by atoms with Crippen molar-refractivity contribution >= 4 is 34.5 Å². The van der Waals surface area contributed by atoms with Crippen molar-refractivity contribution in [2.75, 3.05) is 18.0 Å². The predicted molar refractivity (Wildman–Crippen MR) is 91.6 cm³/mol. The first kappa shape index (κ1) is 16.0. The number of Topliss-reactive ketones (excluding diaryl/α,β-unsaturated/α-hetero) is 2. The van der Waals surface area contributed by atoms with E-state index in [4.69, 9.17) is 4.52 Å². The van der Waals surface area contributed by atoms with Crippen LogP contribution in [-0.4, -0.2) is 36.1 Å². The van der Waals surface area contributed by atoms with Crippen molar-refractivity contribution in [2.45, 2.75) is 38.0 Å². The number of benzene rings is 1. The van der Waals surface area contributed by atoms with Gasteiger partial charge in [-0.2, -0.15) is 0 Å². The molecule has 1 unspecified atom stereocenters. The highest BCUT2D eigenvalue weighted by Gasteiger charge is 2.30. The number of carbonyl (C=O) groups excluding carboxylic acids is 3. The summed E-state index contributed by atoms with van der Waals surface area (Å²) in [6, 6.07) is 5.81. The van der Waals surface area contributed by atoms with Gasteiger partial charge in [-0.1, -0.05) is 5.16 Å². The molecule has 0 bridgehead atoms. The molecule has 2 heterocycles. The normalized spacial score (nSPS) is 22.6. The first-order valence-corrected chi connectivity index (χ1v) is 8.79. The minimum atomic E-state index is -0.361. The van der Waals surface area contributed by atoms with Gasteiger partial charge in [-0.25, -0.2) is 0 Å². The Morgan fingerprint density at radius 1 is 1.16 bits per heavy atom. The first-order chi connectivity index (χ1) is 12.2. The summed E-state index contributed by atoms with van der Waals surface area (Å²) in [5, 5.41) is 5.00. The summed E-state index contributed by atoms with van der Waals surface area (Å²) >= 11 is 0. The zero-order chi connectivity index (χ0) is 17.4. The van der Waals surface area contributed by atoms with Gasteiger partial charge in [-0.05, 0) is 25.0 Å². The van der Waals surface area contributed by atoms with Crippen molar-refractivity contribution in [3.05, 3.63) is 23.9 Å². The summed E-state index contributed by atoms with van der Waals surface area (Å²) in [6.07, 6.45) is 3.46. The minimum Gasteiger partial charge on any atom is -0.370 e. The van der Waals surface area contributed by atoms with Crippen LogP contribution >= 0.6 is 0 Å². The molecule has 4 rings (SSSR count). The zero-order valence-corrected chi connectivity index (χ0v) is 13.9. The summed E-state index contributed by atoms with van der Waals surface area (Å²) in [5.41, 5.74) is 2.28. The molecule has 1 aromatic carbocycles. The van der Waals surface area contributed by atoms with E-state index in [1.807, 2.05) is 18.2 Å². The van der Waals surface area contributed by atoms with Gasteiger partial charge in [0.15, 0.2) is 5.58 Å². The molecule has 1 saturated carbocycles. The van der Waals surface area contributed by atoms with Crippen molar-refractivity contribution < 1.29 is 18.9 Å². The average molecular weight is 340 g/mol. The number of aromatic nitrogens is 1. The molecule has 6 heteroatoms. The maximum absolute atomic E-state index is 12.5. The molecule has 25 heavy (non-hydrogen) atoms. The maximum atomic E-state index is 12.5. The lowest BCUT2D eigenvalue weighted by Gasteiger charge is -2.38. The Bertz CT molecular complexity index is 835. The second kappa shape index (κ2) is 6.43. The van der Waals surface area contributed by atoms with Crippen LogP contribution in [0.3, 0.4) is 0 Å². The van der Waals surface area contributed by atoms with Gasteiger partial charge < -0.3 is 14.2 Å². The number of ketones is 2. The predicted octanol–water partition coefficient (Wildman–Crippen LogP) is 2.65. The smallest absolute Gasteiger partial charge is 0.169 e. The highest BCUT2D eigenvalue weighted by atomic mass is 16.5. The molecule has 1 aromatic heterocycles. The molecule has 1 aliphatic heterocycles. The largest absolute Gasteiger partial charge is 0.370 e. The lowest BCUT2D eigenvalue weighted by Crippen LogP contribution is -2.47. The molecule has 1 aliphatic carbocycles. The first-order valence-electron chi connectivity index (χ1n) is 8.79. The summed E-state index contributed by atoms with van der Waals surface area (Å²) in [5.74, 6) is 0.101. The number of fused-ring (bicyclic) bond motifs is 1. The van der Waals surface area contributed by atoms with Crippen molar-refractivity contribution in [3.8, 4) is 0 Å². The molecule has 2 fully saturated rings. The molecule has 0 spiro atoms. The van der Waals surface area contributed by atoms with Crippen LogP contribution < -0.4 is 4.90 Å². The fourth-order valence-electron chi connectivity index (χ4n) is 3.72. The summed E-state index contributed by atoms with van der Waals surface area (Å²) in [4.78, 5) is 37.1. The van der Waals surface area contributed by atoms with E-state index in [2.05, 4.69) is 10.1 Å². The van der Waals surface area contributed by atoms with Crippen LogP contribution in [0.4, 0.5) is 5.69 Å². The zero-order valence-electron chi connectivity index (χ0n) is 13.9. The standard InChI is InChI=1S/C19H20N2O4/c22-11-12-9-21(10-12)13-4-6-16-18(8-13)25-20-19(16)15-7-5-14(23)2-1-3-17(15)24/h4,6,8,11-12,15H,1-3,5,7,9-10H2. The molecule has 6 nitrogen and oxygen atoms in total. The topological polar surface area (TPSA) is 80.5 Å². The van der Waals surface area contributed by atoms with Gasteiger partial charge in [0.1, 0.15) is 23.5 Å². The van der Waals surface area contributed by atoms with E-state index in [0.29, 0.717) is 43.4 Å². The molecule has 1 atom stereocenters. The highest BCUT2D eigenvalue weighted by Crippen LogP contribution is 2.34. The van der Waals surface area contributed by atoms with Crippen LogP contribution in [0.1, 0.15) is 43.7 Å². The molecule has 1 saturated heterocycles. The number of hydrogen-bond acceptors (Lipinski definition) is 6. The van der Waals surface area contributed by atoms with Crippen molar-refractivity contribution in [3.63, 3.8) is 0 Å². The number of carbonyl (C=O) groups is 3. The van der Waals surface area contributed by atoms with Crippen LogP contribution in [0.5, 0.6) is 0 Å². The Morgan fingerprint density at radius 3 is 2.80 bits per heavy atom. The third-order valence-electron chi connectivity index (χ3n) is 5.26. The van der Waals surface area contributed by atoms with Crippen LogP contribution in [0.2, 0.25) is 0 Å². The summed E-state index contributed by atoms with van der Waals surface area (Å²) in [7, 11) is 0. The monoisotopic (exact) mass is 340 g/mol. The molecule has 0 radical (unpaired) electrons. The van der Waals surface area contributed by atoms with Crippen molar-refractivity contribution in [1.29, 1.82) is 0 Å². The van der Waals surface area contributed by atoms with E-state index in [0.717, 1.165) is 30.4 Å². The number of nitrogens with zero attached hydrogens (tertiary/aromatic N) is 2. The van der Waals surface area contributed by atoms with Crippen molar-refractivity contribution in [1.82, 2.24) is 5.16 Å². The van der Waals surface area contributed by atoms with Gasteiger partial charge in [-0.15, -0.1) is 0 Å². The third-order valence-corrected chi connectivity index (χ3v) is 5.26. The molecule has 2 aromatic rings. The molecule has 2 aliphatic rings. The van der Waals surface area contributed by atoms with E-state index in [9.17, 15) is 14.4 Å². The molecule has 0 amide bonds. The summed E-state index contributed by atoms with van der Waals surface area (Å²) in [6.45, 7) is 1.44. The Labute approximate surface area is 145 Å². The van der Waals surface area contributed by atoms with E-state index < -0.39 is 0 Å². The Balaban J connectivity index is 1.60. The van der Waals surface area contributed by atoms with Gasteiger partial charge in [0.05, 0.1) is 5.92 Å². The van der Waals surface area contributed by atoms with Gasteiger partial charge in [0.25, 0.3) is 0 Å². The number of rotatable bonds is 3. The van der Waals surface area contributed by atoms with Gasteiger partial charge >= 0.3 is 0 Å². The van der Waals surface area contributed by atoms with E-state index in [1.54, 1.807) is 0 Å². The maximum Gasteiger partial charge on any atom is 0.169 e. The molecule has 0 N–H and O–H groups in total. The second-order valence-electron chi connectivity index (χ2n) is 7.00. The van der Waals surface area contributed by atoms with Crippen molar-refractivity contribution in [2.24, 2.45) is 5.92 Å². The third kappa shape index (κ3) is 2.97. The lowest BCUT2D eigenvalue weighted by molar-refractivity contribution is -0.123. The molecular weight excluding hydrogens is 320 g/mol. The fourth-order valence-corrected chi connectivity index (χ4v) is 3.72. The lowest BCUT2D eigenvalue weighted by atomic mass is 9.86. The quantitative estimate of drug-likeness (QED) is 0.799. The summed E-state index contributed by atoms with van der Waals surface area (Å²) < 4.78 is 5.48. The Hall–Kier alpha value is -2.50. The van der Waals surface area contributed by atoms with E-state index in [1.165, 1.54) is 0 Å². The Kier molecular flexibility index (Phi) is 4.11. The number of hydrogen-bond donors (Lipinski definition) is 0. The van der Waals surface area contributed by atoms with Crippen LogP contribution in [-0.2, 0) is 14.4 Å². The highest BCUT2D eigenvalue weighted by molar-refractivity contribution is 5.93. The van der Waals surface area contributed by atoms with E-state index >= 15 is 0 Å². The molecular formula is C19H20N2O4. The van der Waals surface area contributed by atoms with Crippen LogP contribution in [0.15, 0.2) is 22.7 Å². The number of anilines is 1. The van der Waals surface area contributed by atoms with Gasteiger partial charge in [0, 0.05) is 55.4 Å². The van der Waals surface area contributed by atoms with Gasteiger partial charge in [-0.3, -0.25) is 9.59 Å². The van der Waals surface area contributed by atoms with Crippen LogP contribution in [0, 0.1) is 5.92 Å². The fraction of sp³-hybridized carbons (Fsp3) is 0.474. The number of aldehydes is 1. The SMILES string of the molecule is O=CC1CN(c2ccc3c(C4CCC(=O)CCCC4=O)noc3c2)C1. The van der Waals surface area contributed by atoms with E-state index in [-0.39, 0.29) is 23.4 Å². The second-order valence-corrected chi connectivity index (χ2v) is 7.00. The van der Waals surface area contributed by atoms with Crippen LogP contribution in [0.25, 0.3) is 11.0 Å². The average Bonchev–Trinajstić information content (AvgIpc) is 2.96. The molecule has 130 valence electrons. The Morgan fingerprint density at radius 2 is 2.00 bits per heavy atom. The van der Waals surface area contributed by atoms with Gasteiger partial charge in [0.2, 0.25) is 0 Å².